The average Bonchev–Trinajstić information content (AvgIpc) is 2.64. The van der Waals surface area contributed by atoms with E-state index in [9.17, 15) is 9.90 Å². The van der Waals surface area contributed by atoms with E-state index in [2.05, 4.69) is 5.32 Å². The van der Waals surface area contributed by atoms with E-state index in [0.29, 0.717) is 6.61 Å². The van der Waals surface area contributed by atoms with Crippen molar-refractivity contribution in [2.45, 2.75) is 57.9 Å². The lowest BCUT2D eigenvalue weighted by atomic mass is 9.95. The maximum Gasteiger partial charge on any atom is 0.250 e. The molecule has 2 unspecified atom stereocenters. The summed E-state index contributed by atoms with van der Waals surface area (Å²) in [5.74, 6) is 0.970. The number of hydrogen-bond donors (Lipinski definition) is 2. The molecule has 1 fully saturated rings. The van der Waals surface area contributed by atoms with Crippen LogP contribution in [0.5, 0.6) is 0 Å². The van der Waals surface area contributed by atoms with Crippen molar-refractivity contribution in [3.05, 3.63) is 11.3 Å². The van der Waals surface area contributed by atoms with Crippen molar-refractivity contribution in [3.63, 3.8) is 0 Å². The van der Waals surface area contributed by atoms with E-state index in [4.69, 9.17) is 4.74 Å². The topological polar surface area (TPSA) is 58.6 Å². The second-order valence-electron chi connectivity index (χ2n) is 5.65. The summed E-state index contributed by atoms with van der Waals surface area (Å²) in [7, 11) is 0. The maximum absolute atomic E-state index is 12.3. The Hall–Kier alpha value is -1.03. The van der Waals surface area contributed by atoms with Crippen LogP contribution in [0.2, 0.25) is 0 Å². The zero-order valence-corrected chi connectivity index (χ0v) is 11.8. The summed E-state index contributed by atoms with van der Waals surface area (Å²) in [5.41, 5.74) is 0.784. The first kappa shape index (κ1) is 14.4. The maximum atomic E-state index is 12.3. The van der Waals surface area contributed by atoms with Gasteiger partial charge in [-0.2, -0.15) is 0 Å². The lowest BCUT2D eigenvalue weighted by Crippen LogP contribution is -2.42. The molecule has 4 heteroatoms. The summed E-state index contributed by atoms with van der Waals surface area (Å²) in [4.78, 5) is 12.3. The SMILES string of the molecule is CC1=C(C(=O)NC2CCCCCC2CO)CCCO1. The Morgan fingerprint density at radius 3 is 2.84 bits per heavy atom. The van der Waals surface area contributed by atoms with E-state index < -0.39 is 0 Å². The molecule has 0 saturated heterocycles. The monoisotopic (exact) mass is 267 g/mol. The van der Waals surface area contributed by atoms with Crippen LogP contribution in [0.25, 0.3) is 0 Å². The molecule has 19 heavy (non-hydrogen) atoms. The Balaban J connectivity index is 2.00. The van der Waals surface area contributed by atoms with Gasteiger partial charge in [-0.3, -0.25) is 4.79 Å². The van der Waals surface area contributed by atoms with Crippen LogP contribution in [0, 0.1) is 5.92 Å². The van der Waals surface area contributed by atoms with Crippen LogP contribution in [0.3, 0.4) is 0 Å². The lowest BCUT2D eigenvalue weighted by Gasteiger charge is -2.26. The second kappa shape index (κ2) is 6.94. The third-order valence-corrected chi connectivity index (χ3v) is 4.30. The van der Waals surface area contributed by atoms with Gasteiger partial charge in [-0.15, -0.1) is 0 Å². The number of carbonyl (C=O) groups excluding carboxylic acids is 1. The number of aliphatic hydroxyl groups is 1. The van der Waals surface area contributed by atoms with Crippen molar-refractivity contribution in [2.75, 3.05) is 13.2 Å². The number of allylic oxidation sites excluding steroid dienone is 1. The van der Waals surface area contributed by atoms with Crippen molar-refractivity contribution in [3.8, 4) is 0 Å². The van der Waals surface area contributed by atoms with Crippen LogP contribution in [-0.2, 0) is 9.53 Å². The van der Waals surface area contributed by atoms with Gasteiger partial charge < -0.3 is 15.2 Å². The number of ether oxygens (including phenoxy) is 1. The number of rotatable bonds is 3. The molecule has 0 aromatic carbocycles. The highest BCUT2D eigenvalue weighted by Gasteiger charge is 2.27. The van der Waals surface area contributed by atoms with Gasteiger partial charge in [0.1, 0.15) is 5.76 Å². The minimum Gasteiger partial charge on any atom is -0.498 e. The van der Waals surface area contributed by atoms with E-state index in [1.54, 1.807) is 0 Å². The van der Waals surface area contributed by atoms with Crippen LogP contribution in [-0.4, -0.2) is 30.3 Å². The fraction of sp³-hybridized carbons (Fsp3) is 0.800. The minimum absolute atomic E-state index is 0.00236. The molecule has 1 heterocycles. The Morgan fingerprint density at radius 1 is 1.32 bits per heavy atom. The molecule has 108 valence electrons. The second-order valence-corrected chi connectivity index (χ2v) is 5.65. The van der Waals surface area contributed by atoms with Crippen molar-refractivity contribution in [2.24, 2.45) is 5.92 Å². The Morgan fingerprint density at radius 2 is 2.11 bits per heavy atom. The van der Waals surface area contributed by atoms with Crippen molar-refractivity contribution in [1.29, 1.82) is 0 Å². The molecule has 2 rings (SSSR count). The van der Waals surface area contributed by atoms with Gasteiger partial charge >= 0.3 is 0 Å². The third-order valence-electron chi connectivity index (χ3n) is 4.30. The molecule has 2 aliphatic rings. The van der Waals surface area contributed by atoms with Gasteiger partial charge in [0, 0.05) is 18.6 Å². The number of amides is 1. The first-order valence-electron chi connectivity index (χ1n) is 7.46. The van der Waals surface area contributed by atoms with Crippen molar-refractivity contribution < 1.29 is 14.6 Å². The Labute approximate surface area is 115 Å². The summed E-state index contributed by atoms with van der Waals surface area (Å²) in [5, 5.41) is 12.6. The number of aliphatic hydroxyl groups excluding tert-OH is 1. The summed E-state index contributed by atoms with van der Waals surface area (Å²) in [6.45, 7) is 2.75. The average molecular weight is 267 g/mol. The lowest BCUT2D eigenvalue weighted by molar-refractivity contribution is -0.119. The summed E-state index contributed by atoms with van der Waals surface area (Å²) < 4.78 is 5.45. The van der Waals surface area contributed by atoms with Crippen molar-refractivity contribution >= 4 is 5.91 Å². The van der Waals surface area contributed by atoms with E-state index in [0.717, 1.165) is 49.9 Å². The quantitative estimate of drug-likeness (QED) is 0.770. The first-order valence-corrected chi connectivity index (χ1v) is 7.46. The molecular formula is C15H25NO3. The zero-order chi connectivity index (χ0) is 13.7. The van der Waals surface area contributed by atoms with Gasteiger partial charge in [0.2, 0.25) is 0 Å². The van der Waals surface area contributed by atoms with Gasteiger partial charge in [0.15, 0.2) is 0 Å². The van der Waals surface area contributed by atoms with Crippen LogP contribution in [0.1, 0.15) is 51.9 Å². The normalized spacial score (nSPS) is 28.5. The highest BCUT2D eigenvalue weighted by Crippen LogP contribution is 2.25. The van der Waals surface area contributed by atoms with Crippen LogP contribution in [0.15, 0.2) is 11.3 Å². The van der Waals surface area contributed by atoms with Gasteiger partial charge in [-0.05, 0) is 32.6 Å². The zero-order valence-electron chi connectivity index (χ0n) is 11.8. The predicted molar refractivity (Wildman–Crippen MR) is 73.5 cm³/mol. The molecule has 1 aliphatic carbocycles. The van der Waals surface area contributed by atoms with E-state index >= 15 is 0 Å². The number of carbonyl (C=O) groups is 1. The predicted octanol–water partition coefficient (Wildman–Crippen LogP) is 2.13. The molecule has 0 aromatic rings. The molecule has 4 nitrogen and oxygen atoms in total. The van der Waals surface area contributed by atoms with Gasteiger partial charge in [-0.25, -0.2) is 0 Å². The van der Waals surface area contributed by atoms with Crippen LogP contribution in [0.4, 0.5) is 0 Å². The minimum atomic E-state index is 0.00236. The molecule has 0 spiro atoms. The Bertz CT molecular complexity index is 351. The fourth-order valence-electron chi connectivity index (χ4n) is 3.06. The third kappa shape index (κ3) is 3.72. The molecule has 1 amide bonds. The molecule has 0 radical (unpaired) electrons. The van der Waals surface area contributed by atoms with Gasteiger partial charge in [0.05, 0.1) is 12.2 Å². The number of hydrogen-bond acceptors (Lipinski definition) is 3. The standard InChI is InChI=1S/C15H25NO3/c1-11-13(7-5-9-19-11)15(18)16-14-8-4-2-3-6-12(14)10-17/h12,14,17H,2-10H2,1H3,(H,16,18). The molecule has 1 aliphatic heterocycles. The molecule has 0 aromatic heterocycles. The molecule has 2 atom stereocenters. The molecule has 2 N–H and O–H groups in total. The first-order chi connectivity index (χ1) is 9.22. The number of nitrogens with one attached hydrogen (secondary N) is 1. The van der Waals surface area contributed by atoms with Crippen molar-refractivity contribution in [1.82, 2.24) is 5.32 Å². The van der Waals surface area contributed by atoms with Gasteiger partial charge in [0.25, 0.3) is 5.91 Å². The smallest absolute Gasteiger partial charge is 0.250 e. The summed E-state index contributed by atoms with van der Waals surface area (Å²) in [6, 6.07) is 0.113. The van der Waals surface area contributed by atoms with Gasteiger partial charge in [-0.1, -0.05) is 19.3 Å². The molecule has 1 saturated carbocycles. The Kier molecular flexibility index (Phi) is 5.25. The van der Waals surface area contributed by atoms with Crippen LogP contribution < -0.4 is 5.32 Å². The summed E-state index contributed by atoms with van der Waals surface area (Å²) >= 11 is 0. The van der Waals surface area contributed by atoms with E-state index in [1.807, 2.05) is 6.92 Å². The highest BCUT2D eigenvalue weighted by atomic mass is 16.5. The highest BCUT2D eigenvalue weighted by molar-refractivity contribution is 5.94. The largest absolute Gasteiger partial charge is 0.498 e. The van der Waals surface area contributed by atoms with Crippen LogP contribution >= 0.6 is 0 Å². The van der Waals surface area contributed by atoms with E-state index in [1.165, 1.54) is 6.42 Å². The summed E-state index contributed by atoms with van der Waals surface area (Å²) in [6.07, 6.45) is 7.19. The fourth-order valence-corrected chi connectivity index (χ4v) is 3.06. The van der Waals surface area contributed by atoms with E-state index in [-0.39, 0.29) is 24.5 Å². The molecule has 0 bridgehead atoms. The molecular weight excluding hydrogens is 242 g/mol.